The third-order valence-electron chi connectivity index (χ3n) is 6.36. The molecule has 1 fully saturated rings. The van der Waals surface area contributed by atoms with E-state index in [0.29, 0.717) is 40.9 Å². The molecular weight excluding hydrogens is 444 g/mol. The first-order valence-corrected chi connectivity index (χ1v) is 11.8. The van der Waals surface area contributed by atoms with Gasteiger partial charge in [-0.15, -0.1) is 0 Å². The predicted molar refractivity (Wildman–Crippen MR) is 124 cm³/mol. The summed E-state index contributed by atoms with van der Waals surface area (Å²) in [6.07, 6.45) is 2.00. The summed E-state index contributed by atoms with van der Waals surface area (Å²) in [5.74, 6) is -0.0612. The summed E-state index contributed by atoms with van der Waals surface area (Å²) in [6, 6.07) is 6.20. The molecule has 0 aliphatic carbocycles. The Labute approximate surface area is 199 Å². The average molecular weight is 475 g/mol. The molecule has 0 bridgehead atoms. The third kappa shape index (κ3) is 4.87. The lowest BCUT2D eigenvalue weighted by Gasteiger charge is -2.31. The first-order chi connectivity index (χ1) is 15.8. The maximum absolute atomic E-state index is 13.5. The van der Waals surface area contributed by atoms with Gasteiger partial charge in [-0.05, 0) is 30.4 Å². The Morgan fingerprint density at radius 2 is 2.06 bits per heavy atom. The molecule has 2 atom stereocenters. The molecule has 9 heteroatoms. The summed E-state index contributed by atoms with van der Waals surface area (Å²) in [5.41, 5.74) is 1.73. The first kappa shape index (κ1) is 23.6. The van der Waals surface area contributed by atoms with Crippen LogP contribution >= 0.6 is 11.6 Å². The van der Waals surface area contributed by atoms with Crippen LogP contribution < -0.4 is 5.32 Å². The molecular formula is C24H31ClN4O4. The number of halogens is 1. The smallest absolute Gasteiger partial charge is 0.322 e. The van der Waals surface area contributed by atoms with Crippen molar-refractivity contribution in [3.8, 4) is 0 Å². The second-order valence-electron chi connectivity index (χ2n) is 9.31. The topological polar surface area (TPSA) is 82.2 Å². The van der Waals surface area contributed by atoms with E-state index in [4.69, 9.17) is 16.3 Å². The second kappa shape index (κ2) is 9.73. The van der Waals surface area contributed by atoms with Crippen molar-refractivity contribution in [2.75, 3.05) is 39.8 Å². The summed E-state index contributed by atoms with van der Waals surface area (Å²) < 4.78 is 5.74. The van der Waals surface area contributed by atoms with Crippen molar-refractivity contribution in [1.82, 2.24) is 20.0 Å². The highest BCUT2D eigenvalue weighted by atomic mass is 35.5. The number of benzene rings is 1. The van der Waals surface area contributed by atoms with Crippen LogP contribution in [0.15, 0.2) is 35.5 Å². The van der Waals surface area contributed by atoms with Gasteiger partial charge in [0.05, 0.1) is 30.0 Å². The van der Waals surface area contributed by atoms with Crippen molar-refractivity contribution in [1.29, 1.82) is 0 Å². The molecule has 1 aromatic rings. The summed E-state index contributed by atoms with van der Waals surface area (Å²) in [7, 11) is 1.63. The summed E-state index contributed by atoms with van der Waals surface area (Å²) in [6.45, 7) is 6.18. The highest BCUT2D eigenvalue weighted by Crippen LogP contribution is 2.37. The Hall–Kier alpha value is -2.58. The molecule has 1 N–H and O–H groups in total. The molecule has 3 aliphatic heterocycles. The van der Waals surface area contributed by atoms with Crippen LogP contribution in [0.4, 0.5) is 4.79 Å². The molecule has 0 aromatic heterocycles. The summed E-state index contributed by atoms with van der Waals surface area (Å²) in [5, 5.41) is 3.35. The van der Waals surface area contributed by atoms with Gasteiger partial charge in [0.2, 0.25) is 5.91 Å². The van der Waals surface area contributed by atoms with Gasteiger partial charge in [0.15, 0.2) is 0 Å². The van der Waals surface area contributed by atoms with Crippen molar-refractivity contribution >= 4 is 29.4 Å². The molecule has 3 aliphatic rings. The van der Waals surface area contributed by atoms with Gasteiger partial charge in [-0.2, -0.15) is 0 Å². The zero-order valence-corrected chi connectivity index (χ0v) is 20.1. The molecule has 1 aromatic carbocycles. The van der Waals surface area contributed by atoms with Crippen LogP contribution in [0.3, 0.4) is 0 Å². The molecule has 0 saturated carbocycles. The summed E-state index contributed by atoms with van der Waals surface area (Å²) in [4.78, 5) is 44.1. The minimum atomic E-state index is -0.649. The van der Waals surface area contributed by atoms with E-state index in [9.17, 15) is 14.4 Å². The first-order valence-electron chi connectivity index (χ1n) is 11.5. The van der Waals surface area contributed by atoms with Gasteiger partial charge in [-0.3, -0.25) is 14.5 Å². The number of hydrogen-bond acceptors (Lipinski definition) is 4. The number of carbonyl (C=O) groups is 3. The van der Waals surface area contributed by atoms with Gasteiger partial charge in [0, 0.05) is 31.8 Å². The molecule has 0 unspecified atom stereocenters. The molecule has 33 heavy (non-hydrogen) atoms. The SMILES string of the molecule is CC(C)CN(C[C@@H]1CCCO1)C(=O)CN1CC2=C(C1=O)[C@@H](c1ccccc1Cl)NC(=O)N2C. The number of hydrogen-bond donors (Lipinski definition) is 1. The Morgan fingerprint density at radius 1 is 1.30 bits per heavy atom. The van der Waals surface area contributed by atoms with Crippen LogP contribution in [0.5, 0.6) is 0 Å². The molecule has 4 amide bonds. The normalized spacial score (nSPS) is 22.8. The van der Waals surface area contributed by atoms with E-state index in [-0.39, 0.29) is 37.0 Å². The number of rotatable bonds is 7. The van der Waals surface area contributed by atoms with Crippen molar-refractivity contribution in [3.63, 3.8) is 0 Å². The van der Waals surface area contributed by atoms with Gasteiger partial charge in [0.1, 0.15) is 6.54 Å². The fourth-order valence-electron chi connectivity index (χ4n) is 4.71. The molecule has 1 saturated heterocycles. The molecule has 0 spiro atoms. The number of carbonyl (C=O) groups excluding carboxylic acids is 3. The number of likely N-dealkylation sites (N-methyl/N-ethyl adjacent to an activating group) is 1. The standard InChI is InChI=1S/C24H31ClN4O4/c1-15(2)11-28(12-16-7-6-10-33-16)20(30)14-29-13-19-21(23(29)31)22(26-24(32)27(19)3)17-8-4-5-9-18(17)25/h4-5,8-9,15-16,22H,6-7,10-14H2,1-3H3,(H,26,32)/t16-,22+/m0/s1. The molecule has 3 heterocycles. The zero-order valence-electron chi connectivity index (χ0n) is 19.3. The van der Waals surface area contributed by atoms with Crippen LogP contribution in [0.1, 0.15) is 38.3 Å². The van der Waals surface area contributed by atoms with Crippen molar-refractivity contribution in [3.05, 3.63) is 46.1 Å². The Kier molecular flexibility index (Phi) is 6.95. The largest absolute Gasteiger partial charge is 0.376 e. The highest BCUT2D eigenvalue weighted by Gasteiger charge is 2.44. The van der Waals surface area contributed by atoms with E-state index in [1.165, 1.54) is 9.80 Å². The maximum atomic E-state index is 13.5. The van der Waals surface area contributed by atoms with Crippen LogP contribution in [0.25, 0.3) is 0 Å². The number of nitrogens with zero attached hydrogens (tertiary/aromatic N) is 3. The monoisotopic (exact) mass is 474 g/mol. The van der Waals surface area contributed by atoms with Crippen LogP contribution in [-0.2, 0) is 14.3 Å². The van der Waals surface area contributed by atoms with Crippen molar-refractivity contribution < 1.29 is 19.1 Å². The second-order valence-corrected chi connectivity index (χ2v) is 9.72. The van der Waals surface area contributed by atoms with Gasteiger partial charge in [-0.25, -0.2) is 4.79 Å². The van der Waals surface area contributed by atoms with Gasteiger partial charge in [0.25, 0.3) is 5.91 Å². The molecule has 178 valence electrons. The lowest BCUT2D eigenvalue weighted by atomic mass is 9.96. The number of nitrogens with one attached hydrogen (secondary N) is 1. The van der Waals surface area contributed by atoms with E-state index in [1.807, 2.05) is 11.0 Å². The fourth-order valence-corrected chi connectivity index (χ4v) is 4.95. The molecule has 4 rings (SSSR count). The average Bonchev–Trinajstić information content (AvgIpc) is 3.39. The number of ether oxygens (including phenoxy) is 1. The minimum absolute atomic E-state index is 0.0391. The van der Waals surface area contributed by atoms with E-state index in [2.05, 4.69) is 19.2 Å². The third-order valence-corrected chi connectivity index (χ3v) is 6.71. The van der Waals surface area contributed by atoms with E-state index < -0.39 is 6.04 Å². The minimum Gasteiger partial charge on any atom is -0.376 e. The predicted octanol–water partition coefficient (Wildman–Crippen LogP) is 2.80. The van der Waals surface area contributed by atoms with Gasteiger partial charge in [-0.1, -0.05) is 43.6 Å². The fraction of sp³-hybridized carbons (Fsp3) is 0.542. The summed E-state index contributed by atoms with van der Waals surface area (Å²) >= 11 is 6.39. The Morgan fingerprint density at radius 3 is 2.73 bits per heavy atom. The maximum Gasteiger partial charge on any atom is 0.322 e. The van der Waals surface area contributed by atoms with E-state index in [1.54, 1.807) is 25.2 Å². The van der Waals surface area contributed by atoms with E-state index >= 15 is 0 Å². The molecule has 0 radical (unpaired) electrons. The van der Waals surface area contributed by atoms with Crippen LogP contribution in [0.2, 0.25) is 5.02 Å². The number of amides is 4. The Bertz CT molecular complexity index is 973. The van der Waals surface area contributed by atoms with Crippen molar-refractivity contribution in [2.24, 2.45) is 5.92 Å². The lowest BCUT2D eigenvalue weighted by Crippen LogP contribution is -2.46. The van der Waals surface area contributed by atoms with Crippen LogP contribution in [0, 0.1) is 5.92 Å². The quantitative estimate of drug-likeness (QED) is 0.658. The number of urea groups is 1. The van der Waals surface area contributed by atoms with Crippen molar-refractivity contribution in [2.45, 2.75) is 38.8 Å². The Balaban J connectivity index is 1.54. The highest BCUT2D eigenvalue weighted by molar-refractivity contribution is 6.31. The lowest BCUT2D eigenvalue weighted by molar-refractivity contribution is -0.139. The van der Waals surface area contributed by atoms with Crippen LogP contribution in [-0.4, -0.2) is 78.5 Å². The van der Waals surface area contributed by atoms with Gasteiger partial charge >= 0.3 is 6.03 Å². The molecule has 8 nitrogen and oxygen atoms in total. The zero-order chi connectivity index (χ0) is 23.7. The van der Waals surface area contributed by atoms with Gasteiger partial charge < -0.3 is 19.9 Å². The van der Waals surface area contributed by atoms with E-state index in [0.717, 1.165) is 19.4 Å².